The summed E-state index contributed by atoms with van der Waals surface area (Å²) < 4.78 is 10.4. The van der Waals surface area contributed by atoms with Crippen LogP contribution >= 0.6 is 0 Å². The van der Waals surface area contributed by atoms with Gasteiger partial charge in [-0.15, -0.1) is 0 Å². The van der Waals surface area contributed by atoms with Crippen LogP contribution in [0.1, 0.15) is 45.1 Å². The van der Waals surface area contributed by atoms with Crippen LogP contribution in [0.15, 0.2) is 42.5 Å². The molecule has 6 nitrogen and oxygen atoms in total. The number of benzene rings is 2. The zero-order chi connectivity index (χ0) is 21.4. The molecule has 2 rings (SSSR count). The number of rotatable bonds is 9. The number of carbonyl (C=O) groups is 2. The summed E-state index contributed by atoms with van der Waals surface area (Å²) in [6.45, 7) is 6.13. The maximum atomic E-state index is 12.4. The minimum atomic E-state index is -0.171. The molecule has 0 unspecified atom stereocenters. The van der Waals surface area contributed by atoms with E-state index in [-0.39, 0.29) is 30.6 Å². The van der Waals surface area contributed by atoms with E-state index in [1.165, 1.54) is 12.7 Å². The Morgan fingerprint density at radius 1 is 0.862 bits per heavy atom. The van der Waals surface area contributed by atoms with E-state index < -0.39 is 0 Å². The van der Waals surface area contributed by atoms with E-state index in [1.807, 2.05) is 31.2 Å². The lowest BCUT2D eigenvalue weighted by Gasteiger charge is -2.14. The maximum Gasteiger partial charge on any atom is 0.224 e. The van der Waals surface area contributed by atoms with Crippen LogP contribution in [0.3, 0.4) is 0 Å². The van der Waals surface area contributed by atoms with Crippen molar-refractivity contribution in [1.29, 1.82) is 0 Å². The van der Waals surface area contributed by atoms with Crippen molar-refractivity contribution < 1.29 is 19.1 Å². The fourth-order valence-corrected chi connectivity index (χ4v) is 2.97. The normalized spacial score (nSPS) is 11.7. The monoisotopic (exact) mass is 398 g/mol. The molecule has 2 aromatic rings. The predicted molar refractivity (Wildman–Crippen MR) is 116 cm³/mol. The van der Waals surface area contributed by atoms with E-state index in [0.717, 1.165) is 5.69 Å². The molecule has 0 spiro atoms. The Bertz CT molecular complexity index is 831. The highest BCUT2D eigenvalue weighted by atomic mass is 16.5. The molecule has 6 heteroatoms. The molecule has 0 aliphatic carbocycles. The van der Waals surface area contributed by atoms with Gasteiger partial charge in [0, 0.05) is 24.6 Å². The predicted octanol–water partition coefficient (Wildman–Crippen LogP) is 4.82. The number of nitrogens with one attached hydrogen (secondary N) is 2. The Morgan fingerprint density at radius 3 is 2.03 bits per heavy atom. The third-order valence-corrected chi connectivity index (χ3v) is 4.61. The van der Waals surface area contributed by atoms with Gasteiger partial charge in [-0.25, -0.2) is 0 Å². The van der Waals surface area contributed by atoms with E-state index in [4.69, 9.17) is 9.47 Å². The van der Waals surface area contributed by atoms with Crippen LogP contribution in [0, 0.1) is 5.92 Å². The first kappa shape index (κ1) is 22.3. The summed E-state index contributed by atoms with van der Waals surface area (Å²) in [6, 6.07) is 13.0. The quantitative estimate of drug-likeness (QED) is 0.635. The average Bonchev–Trinajstić information content (AvgIpc) is 2.68. The molecule has 0 radical (unpaired) electrons. The van der Waals surface area contributed by atoms with Gasteiger partial charge in [-0.05, 0) is 41.7 Å². The molecule has 0 aliphatic heterocycles. The zero-order valence-electron chi connectivity index (χ0n) is 17.7. The van der Waals surface area contributed by atoms with E-state index in [1.54, 1.807) is 25.3 Å². The summed E-state index contributed by atoms with van der Waals surface area (Å²) in [6.07, 6.45) is 0.494. The average molecular weight is 399 g/mol. The van der Waals surface area contributed by atoms with Crippen molar-refractivity contribution in [2.24, 2.45) is 5.92 Å². The number of methoxy groups -OCH3 is 2. The Kier molecular flexibility index (Phi) is 8.07. The molecule has 0 saturated carbocycles. The first-order valence-electron chi connectivity index (χ1n) is 9.74. The topological polar surface area (TPSA) is 76.7 Å². The van der Waals surface area contributed by atoms with Crippen LogP contribution in [-0.4, -0.2) is 26.0 Å². The molecule has 156 valence electrons. The van der Waals surface area contributed by atoms with E-state index in [0.29, 0.717) is 23.1 Å². The highest BCUT2D eigenvalue weighted by Gasteiger charge is 2.15. The number of anilines is 2. The fraction of sp³-hybridized carbons (Fsp3) is 0.391. The van der Waals surface area contributed by atoms with E-state index in [9.17, 15) is 9.59 Å². The summed E-state index contributed by atoms with van der Waals surface area (Å²) in [4.78, 5) is 24.6. The molecular weight excluding hydrogens is 368 g/mol. The van der Waals surface area contributed by atoms with Crippen molar-refractivity contribution >= 4 is 23.2 Å². The molecule has 2 amide bonds. The van der Waals surface area contributed by atoms with Gasteiger partial charge in [-0.1, -0.05) is 32.9 Å². The molecule has 0 bridgehead atoms. The summed E-state index contributed by atoms with van der Waals surface area (Å²) in [5.74, 6) is 1.23. The molecular formula is C23H30N2O4. The first-order chi connectivity index (χ1) is 13.8. The van der Waals surface area contributed by atoms with Crippen LogP contribution < -0.4 is 20.1 Å². The molecule has 1 atom stereocenters. The van der Waals surface area contributed by atoms with Crippen molar-refractivity contribution in [3.63, 3.8) is 0 Å². The second kappa shape index (κ2) is 10.5. The molecule has 2 N–H and O–H groups in total. The van der Waals surface area contributed by atoms with E-state index in [2.05, 4.69) is 24.5 Å². The van der Waals surface area contributed by atoms with E-state index >= 15 is 0 Å². The summed E-state index contributed by atoms with van der Waals surface area (Å²) in [7, 11) is 3.10. The molecule has 29 heavy (non-hydrogen) atoms. The molecule has 0 fully saturated rings. The maximum absolute atomic E-state index is 12.4. The SMILES string of the molecule is COc1ccc(NC(=O)C[C@H](C)CC(=O)Nc2ccc(C(C)C)cc2)c(OC)c1. The van der Waals surface area contributed by atoms with Gasteiger partial charge in [0.05, 0.1) is 19.9 Å². The van der Waals surface area contributed by atoms with Gasteiger partial charge in [-0.3, -0.25) is 9.59 Å². The smallest absolute Gasteiger partial charge is 0.224 e. The molecule has 0 aliphatic rings. The van der Waals surface area contributed by atoms with Crippen molar-refractivity contribution in [2.75, 3.05) is 24.9 Å². The van der Waals surface area contributed by atoms with Gasteiger partial charge in [0.25, 0.3) is 0 Å². The zero-order valence-corrected chi connectivity index (χ0v) is 17.7. The highest BCUT2D eigenvalue weighted by Crippen LogP contribution is 2.29. The molecule has 0 saturated heterocycles. The van der Waals surface area contributed by atoms with Crippen LogP contribution in [0.5, 0.6) is 11.5 Å². The van der Waals surface area contributed by atoms with Crippen LogP contribution in [0.25, 0.3) is 0 Å². The second-order valence-corrected chi connectivity index (χ2v) is 7.45. The molecule has 2 aromatic carbocycles. The number of hydrogen-bond acceptors (Lipinski definition) is 4. The Balaban J connectivity index is 1.85. The van der Waals surface area contributed by atoms with Crippen LogP contribution in [-0.2, 0) is 9.59 Å². The van der Waals surface area contributed by atoms with Crippen molar-refractivity contribution in [2.45, 2.75) is 39.5 Å². The third-order valence-electron chi connectivity index (χ3n) is 4.61. The highest BCUT2D eigenvalue weighted by molar-refractivity contribution is 5.94. The number of amides is 2. The van der Waals surface area contributed by atoms with Crippen LogP contribution in [0.4, 0.5) is 11.4 Å². The van der Waals surface area contributed by atoms with Crippen LogP contribution in [0.2, 0.25) is 0 Å². The third kappa shape index (κ3) is 6.82. The first-order valence-corrected chi connectivity index (χ1v) is 9.74. The summed E-state index contributed by atoms with van der Waals surface area (Å²) in [5.41, 5.74) is 2.56. The van der Waals surface area contributed by atoms with Gasteiger partial charge < -0.3 is 20.1 Å². The Morgan fingerprint density at radius 2 is 1.48 bits per heavy atom. The lowest BCUT2D eigenvalue weighted by Crippen LogP contribution is -2.20. The minimum Gasteiger partial charge on any atom is -0.497 e. The Labute approximate surface area is 172 Å². The number of ether oxygens (including phenoxy) is 2. The summed E-state index contributed by atoms with van der Waals surface area (Å²) >= 11 is 0. The van der Waals surface area contributed by atoms with Gasteiger partial charge >= 0.3 is 0 Å². The standard InChI is InChI=1S/C23H30N2O4/c1-15(2)17-6-8-18(9-7-17)24-22(26)12-16(3)13-23(27)25-20-11-10-19(28-4)14-21(20)29-5/h6-11,14-16H,12-13H2,1-5H3,(H,24,26)(H,25,27)/t16-/m1/s1. The number of hydrogen-bond donors (Lipinski definition) is 2. The molecule has 0 heterocycles. The minimum absolute atomic E-state index is 0.103. The lowest BCUT2D eigenvalue weighted by atomic mass is 10.0. The van der Waals surface area contributed by atoms with Gasteiger partial charge in [0.2, 0.25) is 11.8 Å². The summed E-state index contributed by atoms with van der Waals surface area (Å²) in [5, 5.41) is 5.72. The molecule has 0 aromatic heterocycles. The van der Waals surface area contributed by atoms with Crippen molar-refractivity contribution in [3.8, 4) is 11.5 Å². The van der Waals surface area contributed by atoms with Gasteiger partial charge in [0.15, 0.2) is 0 Å². The second-order valence-electron chi connectivity index (χ2n) is 7.45. The van der Waals surface area contributed by atoms with Gasteiger partial charge in [-0.2, -0.15) is 0 Å². The Hall–Kier alpha value is -3.02. The largest absolute Gasteiger partial charge is 0.497 e. The lowest BCUT2D eigenvalue weighted by molar-refractivity contribution is -0.118. The number of carbonyl (C=O) groups excluding carboxylic acids is 2. The van der Waals surface area contributed by atoms with Crippen molar-refractivity contribution in [1.82, 2.24) is 0 Å². The fourth-order valence-electron chi connectivity index (χ4n) is 2.97. The van der Waals surface area contributed by atoms with Crippen molar-refractivity contribution in [3.05, 3.63) is 48.0 Å². The van der Waals surface area contributed by atoms with Gasteiger partial charge in [0.1, 0.15) is 11.5 Å².